The van der Waals surface area contributed by atoms with Crippen LogP contribution in [0.25, 0.3) is 0 Å². The molecule has 3 saturated heterocycles. The minimum Gasteiger partial charge on any atom is -0.385 e. The highest BCUT2D eigenvalue weighted by molar-refractivity contribution is 5.20. The minimum absolute atomic E-state index is 0.123. The van der Waals surface area contributed by atoms with Gasteiger partial charge in [-0.3, -0.25) is 0 Å². The van der Waals surface area contributed by atoms with Crippen LogP contribution in [-0.4, -0.2) is 116 Å². The van der Waals surface area contributed by atoms with Crippen LogP contribution in [0.3, 0.4) is 0 Å². The fourth-order valence-corrected chi connectivity index (χ4v) is 11.1. The second-order valence-electron chi connectivity index (χ2n) is 22.1. The van der Waals surface area contributed by atoms with E-state index in [4.69, 9.17) is 61.6 Å². The van der Waals surface area contributed by atoms with Crippen molar-refractivity contribution < 1.29 is 71.8 Å². The predicted molar refractivity (Wildman–Crippen MR) is 327 cm³/mol. The standard InChI is InChI=1S/C73H78O15/c74-63-67(80-45-56-33-17-5-18-34-56)64(77-42-53-27-11-2-12-28-53)62(51-85-73-70(83-48-59-39-23-8-24-40-59)66(79-44-55-31-15-4-16-32-55)60(88-73)49-76-41-52-25-9-1-10-26-52)87-72(63)84-50-61-65(78-43-54-29-13-3-14-30-54)68(81-46-57-35-19-6-20-36-57)69(71(75)86-61)82-47-58-37-21-7-22-38-58/h1-40,60-75H,41-51H2/t60-,61-,62-,63+,64-,65-,66-,67-,68+,69+,70+,71+,72?,73+/m1/s1. The van der Waals surface area contributed by atoms with Gasteiger partial charge in [0, 0.05) is 0 Å². The number of ether oxygens (including phenoxy) is 13. The van der Waals surface area contributed by atoms with Crippen molar-refractivity contribution in [2.45, 2.75) is 139 Å². The first-order valence-corrected chi connectivity index (χ1v) is 30.2. The Morgan fingerprint density at radius 3 is 0.886 bits per heavy atom. The molecule has 8 aromatic carbocycles. The van der Waals surface area contributed by atoms with E-state index >= 15 is 0 Å². The lowest BCUT2D eigenvalue weighted by atomic mass is 9.97. The molecular weight excluding hydrogens is 1120 g/mol. The summed E-state index contributed by atoms with van der Waals surface area (Å²) in [6.45, 7) is 1.46. The topological polar surface area (TPSA) is 160 Å². The van der Waals surface area contributed by atoms with Crippen molar-refractivity contribution in [1.29, 1.82) is 0 Å². The van der Waals surface area contributed by atoms with Crippen LogP contribution in [0.5, 0.6) is 0 Å². The Balaban J connectivity index is 0.890. The van der Waals surface area contributed by atoms with E-state index in [2.05, 4.69) is 0 Å². The number of aliphatic hydroxyl groups excluding tert-OH is 2. The first-order chi connectivity index (χ1) is 43.5. The molecule has 0 aromatic heterocycles. The van der Waals surface area contributed by atoms with Crippen LogP contribution >= 0.6 is 0 Å². The first-order valence-electron chi connectivity index (χ1n) is 30.2. The molecular formula is C73H78O15. The summed E-state index contributed by atoms with van der Waals surface area (Å²) >= 11 is 0. The Kier molecular flexibility index (Phi) is 23.6. The largest absolute Gasteiger partial charge is 0.385 e. The Morgan fingerprint density at radius 2 is 0.500 bits per heavy atom. The fourth-order valence-electron chi connectivity index (χ4n) is 11.1. The highest BCUT2D eigenvalue weighted by Crippen LogP contribution is 2.35. The van der Waals surface area contributed by atoms with Gasteiger partial charge in [0.2, 0.25) is 0 Å². The fraction of sp³-hybridized carbons (Fsp3) is 0.342. The summed E-state index contributed by atoms with van der Waals surface area (Å²) in [7, 11) is 0. The molecule has 3 aliphatic heterocycles. The second kappa shape index (κ2) is 33.1. The van der Waals surface area contributed by atoms with Gasteiger partial charge in [0.1, 0.15) is 67.1 Å². The van der Waals surface area contributed by atoms with Gasteiger partial charge >= 0.3 is 0 Å². The lowest BCUT2D eigenvalue weighted by Crippen LogP contribution is -2.63. The number of hydrogen-bond donors (Lipinski definition) is 2. The Morgan fingerprint density at radius 1 is 0.239 bits per heavy atom. The van der Waals surface area contributed by atoms with Gasteiger partial charge in [0.15, 0.2) is 18.9 Å². The van der Waals surface area contributed by atoms with Crippen molar-refractivity contribution in [3.05, 3.63) is 287 Å². The highest BCUT2D eigenvalue weighted by Gasteiger charge is 2.53. The molecule has 3 fully saturated rings. The molecule has 11 rings (SSSR count). The van der Waals surface area contributed by atoms with Crippen molar-refractivity contribution in [1.82, 2.24) is 0 Å². The van der Waals surface area contributed by atoms with Crippen LogP contribution in [-0.2, 0) is 114 Å². The van der Waals surface area contributed by atoms with E-state index in [1.165, 1.54) is 0 Å². The maximum absolute atomic E-state index is 12.7. The predicted octanol–water partition coefficient (Wildman–Crippen LogP) is 10.9. The lowest BCUT2D eigenvalue weighted by molar-refractivity contribution is -0.346. The molecule has 0 spiro atoms. The van der Waals surface area contributed by atoms with Crippen LogP contribution < -0.4 is 0 Å². The quantitative estimate of drug-likeness (QED) is 0.0422. The summed E-state index contributed by atoms with van der Waals surface area (Å²) in [5.41, 5.74) is 7.44. The monoisotopic (exact) mass is 1190 g/mol. The van der Waals surface area contributed by atoms with E-state index in [9.17, 15) is 10.2 Å². The molecule has 0 amide bonds. The SMILES string of the molecule is O[C@@H]1C(OC[C@H]2O[C@H](O)[C@@H](OCc3ccccc3)[C@@H](OCc3ccccc3)[C@@H]2OCc2ccccc2)O[C@H](CO[C@H]2O[C@H](COCc3ccccc3)[C@@H](OCc3ccccc3)[C@@H]2OCc2ccccc2)[C@@H](OCc2ccccc2)[C@@H]1OCc1ccccc1. The second-order valence-corrected chi connectivity index (χ2v) is 22.1. The van der Waals surface area contributed by atoms with E-state index in [-0.39, 0.29) is 66.1 Å². The molecule has 1 unspecified atom stereocenters. The maximum Gasteiger partial charge on any atom is 0.187 e. The van der Waals surface area contributed by atoms with Gasteiger partial charge < -0.3 is 71.8 Å². The number of aliphatic hydroxyl groups is 2. The molecule has 15 heteroatoms. The van der Waals surface area contributed by atoms with Crippen LogP contribution in [0.4, 0.5) is 0 Å². The first kappa shape index (κ1) is 62.8. The third-order valence-electron chi connectivity index (χ3n) is 15.7. The van der Waals surface area contributed by atoms with Gasteiger partial charge in [-0.15, -0.1) is 0 Å². The van der Waals surface area contributed by atoms with Crippen LogP contribution in [0, 0.1) is 0 Å². The summed E-state index contributed by atoms with van der Waals surface area (Å²) in [6, 6.07) is 78.6. The van der Waals surface area contributed by atoms with E-state index in [0.29, 0.717) is 6.61 Å². The van der Waals surface area contributed by atoms with Crippen molar-refractivity contribution in [2.24, 2.45) is 0 Å². The van der Waals surface area contributed by atoms with Gasteiger partial charge in [-0.1, -0.05) is 243 Å². The lowest BCUT2D eigenvalue weighted by Gasteiger charge is -2.46. The summed E-state index contributed by atoms with van der Waals surface area (Å²) in [5, 5.41) is 24.8. The number of hydrogen-bond acceptors (Lipinski definition) is 15. The summed E-state index contributed by atoms with van der Waals surface area (Å²) in [6.07, 6.45) is -14.0. The van der Waals surface area contributed by atoms with Gasteiger partial charge in [-0.25, -0.2) is 0 Å². The number of benzene rings is 8. The third-order valence-corrected chi connectivity index (χ3v) is 15.7. The molecule has 8 aromatic rings. The zero-order valence-corrected chi connectivity index (χ0v) is 49.2. The summed E-state index contributed by atoms with van der Waals surface area (Å²) in [5.74, 6) is 0. The van der Waals surface area contributed by atoms with Gasteiger partial charge in [0.05, 0.1) is 72.7 Å². The minimum atomic E-state index is -1.48. The average Bonchev–Trinajstić information content (AvgIpc) is 2.58. The molecule has 2 N–H and O–H groups in total. The molecule has 88 heavy (non-hydrogen) atoms. The molecule has 460 valence electrons. The Bertz CT molecular complexity index is 3180. The van der Waals surface area contributed by atoms with Gasteiger partial charge in [0.25, 0.3) is 0 Å². The molecule has 0 saturated carbocycles. The average molecular weight is 1200 g/mol. The maximum atomic E-state index is 12.7. The smallest absolute Gasteiger partial charge is 0.187 e. The van der Waals surface area contributed by atoms with Gasteiger partial charge in [-0.2, -0.15) is 0 Å². The summed E-state index contributed by atoms with van der Waals surface area (Å²) < 4.78 is 87.8. The molecule has 0 bridgehead atoms. The van der Waals surface area contributed by atoms with E-state index in [1.807, 2.05) is 243 Å². The Hall–Kier alpha value is -6.84. The third kappa shape index (κ3) is 17.9. The molecule has 15 nitrogen and oxygen atoms in total. The van der Waals surface area contributed by atoms with Crippen molar-refractivity contribution in [3.8, 4) is 0 Å². The van der Waals surface area contributed by atoms with Crippen LogP contribution in [0.2, 0.25) is 0 Å². The van der Waals surface area contributed by atoms with Crippen molar-refractivity contribution in [3.63, 3.8) is 0 Å². The van der Waals surface area contributed by atoms with Gasteiger partial charge in [-0.05, 0) is 44.5 Å². The summed E-state index contributed by atoms with van der Waals surface area (Å²) in [4.78, 5) is 0. The van der Waals surface area contributed by atoms with E-state index in [1.54, 1.807) is 0 Å². The molecule has 0 radical (unpaired) electrons. The van der Waals surface area contributed by atoms with Crippen LogP contribution in [0.15, 0.2) is 243 Å². The normalized spacial score (nSPS) is 26.2. The molecule has 0 aliphatic carbocycles. The molecule has 3 heterocycles. The molecule has 14 atom stereocenters. The number of rotatable bonds is 31. The van der Waals surface area contributed by atoms with Crippen LogP contribution in [0.1, 0.15) is 44.5 Å². The zero-order chi connectivity index (χ0) is 60.0. The van der Waals surface area contributed by atoms with Crippen molar-refractivity contribution >= 4 is 0 Å². The van der Waals surface area contributed by atoms with E-state index < -0.39 is 86.0 Å². The van der Waals surface area contributed by atoms with E-state index in [0.717, 1.165) is 44.5 Å². The van der Waals surface area contributed by atoms with Crippen molar-refractivity contribution in [2.75, 3.05) is 19.8 Å². The molecule has 3 aliphatic rings. The zero-order valence-electron chi connectivity index (χ0n) is 49.2. The Labute approximate surface area is 515 Å². The highest BCUT2D eigenvalue weighted by atomic mass is 16.8.